The van der Waals surface area contributed by atoms with Gasteiger partial charge in [0, 0.05) is 27.2 Å². The van der Waals surface area contributed by atoms with E-state index in [4.69, 9.17) is 5.73 Å². The molecule has 0 aliphatic carbocycles. The van der Waals surface area contributed by atoms with Crippen molar-refractivity contribution in [2.45, 2.75) is 13.8 Å². The Morgan fingerprint density at radius 1 is 1.25 bits per heavy atom. The number of hydrogen-bond acceptors (Lipinski definition) is 3. The van der Waals surface area contributed by atoms with Crippen LogP contribution in [0.4, 0.5) is 0 Å². The average Bonchev–Trinajstić information content (AvgIpc) is 2.18. The van der Waals surface area contributed by atoms with Gasteiger partial charge in [0.2, 0.25) is 10.0 Å². The minimum absolute atomic E-state index is 0.00319. The van der Waals surface area contributed by atoms with Gasteiger partial charge in [-0.3, -0.25) is 4.99 Å². The van der Waals surface area contributed by atoms with E-state index >= 15 is 0 Å². The molecule has 0 bridgehead atoms. The highest BCUT2D eigenvalue weighted by Gasteiger charge is 2.17. The molecule has 2 N–H and O–H groups in total. The number of sulfonamides is 1. The Balaban J connectivity index is 4.36. The zero-order valence-corrected chi connectivity index (χ0v) is 11.3. The molecule has 0 amide bonds. The van der Waals surface area contributed by atoms with E-state index in [2.05, 4.69) is 4.99 Å². The number of guanidine groups is 1. The van der Waals surface area contributed by atoms with Gasteiger partial charge in [-0.05, 0) is 0 Å². The van der Waals surface area contributed by atoms with Gasteiger partial charge >= 0.3 is 0 Å². The maximum atomic E-state index is 11.7. The summed E-state index contributed by atoms with van der Waals surface area (Å²) >= 11 is 0. The Morgan fingerprint density at radius 2 is 1.75 bits per heavy atom. The first kappa shape index (κ1) is 15.2. The van der Waals surface area contributed by atoms with E-state index in [9.17, 15) is 8.42 Å². The van der Waals surface area contributed by atoms with Crippen LogP contribution in [0.15, 0.2) is 4.99 Å². The van der Waals surface area contributed by atoms with Gasteiger partial charge in [0.15, 0.2) is 5.96 Å². The second kappa shape index (κ2) is 6.70. The van der Waals surface area contributed by atoms with Crippen molar-refractivity contribution in [1.82, 2.24) is 9.21 Å². The van der Waals surface area contributed by atoms with E-state index in [0.29, 0.717) is 19.0 Å². The molecule has 0 unspecified atom stereocenters. The Kier molecular flexibility index (Phi) is 6.35. The molecule has 0 atom stereocenters. The molecule has 0 radical (unpaired) electrons. The van der Waals surface area contributed by atoms with Crippen LogP contribution >= 0.6 is 0 Å². The molecule has 0 saturated heterocycles. The van der Waals surface area contributed by atoms with E-state index < -0.39 is 10.0 Å². The standard InChI is InChI=1S/C9H22N4O2S/c1-5-13(6-2)16(14,15)8-7-11-9(10)12(3)4/h5-8H2,1-4H3,(H2,10,11). The van der Waals surface area contributed by atoms with Crippen LogP contribution in [0.2, 0.25) is 0 Å². The Bertz CT molecular complexity index is 320. The zero-order valence-electron chi connectivity index (χ0n) is 10.5. The maximum absolute atomic E-state index is 11.7. The van der Waals surface area contributed by atoms with E-state index in [1.807, 2.05) is 13.8 Å². The number of nitrogens with zero attached hydrogens (tertiary/aromatic N) is 3. The molecule has 0 saturated carbocycles. The summed E-state index contributed by atoms with van der Waals surface area (Å²) in [7, 11) is 0.332. The average molecular weight is 250 g/mol. The number of rotatable bonds is 6. The summed E-state index contributed by atoms with van der Waals surface area (Å²) in [5.74, 6) is 0.346. The molecule has 0 aromatic carbocycles. The summed E-state index contributed by atoms with van der Waals surface area (Å²) in [6, 6.07) is 0. The number of aliphatic imine (C=N–C) groups is 1. The van der Waals surface area contributed by atoms with Gasteiger partial charge in [-0.15, -0.1) is 0 Å². The van der Waals surface area contributed by atoms with Crippen LogP contribution in [0.3, 0.4) is 0 Å². The quantitative estimate of drug-likeness (QED) is 0.511. The number of hydrogen-bond donors (Lipinski definition) is 1. The van der Waals surface area contributed by atoms with Crippen molar-refractivity contribution in [1.29, 1.82) is 0 Å². The molecular weight excluding hydrogens is 228 g/mol. The second-order valence-corrected chi connectivity index (χ2v) is 5.62. The smallest absolute Gasteiger partial charge is 0.215 e. The van der Waals surface area contributed by atoms with Crippen molar-refractivity contribution < 1.29 is 8.42 Å². The first-order chi connectivity index (χ1) is 7.35. The van der Waals surface area contributed by atoms with Crippen LogP contribution in [0.5, 0.6) is 0 Å². The fourth-order valence-electron chi connectivity index (χ4n) is 1.16. The lowest BCUT2D eigenvalue weighted by molar-refractivity contribution is 0.445. The predicted molar refractivity (Wildman–Crippen MR) is 66.9 cm³/mol. The van der Waals surface area contributed by atoms with E-state index in [0.717, 1.165) is 0 Å². The fraction of sp³-hybridized carbons (Fsp3) is 0.889. The lowest BCUT2D eigenvalue weighted by Gasteiger charge is -2.17. The third-order valence-corrected chi connectivity index (χ3v) is 4.18. The minimum atomic E-state index is -3.19. The molecule has 0 aromatic rings. The first-order valence-corrected chi connectivity index (χ1v) is 6.91. The summed E-state index contributed by atoms with van der Waals surface area (Å²) in [5.41, 5.74) is 5.55. The van der Waals surface area contributed by atoms with Crippen molar-refractivity contribution in [2.24, 2.45) is 10.7 Å². The molecule has 0 heterocycles. The largest absolute Gasteiger partial charge is 0.370 e. The van der Waals surface area contributed by atoms with Crippen molar-refractivity contribution in [3.05, 3.63) is 0 Å². The first-order valence-electron chi connectivity index (χ1n) is 5.30. The monoisotopic (exact) mass is 250 g/mol. The molecule has 7 heteroatoms. The van der Waals surface area contributed by atoms with Gasteiger partial charge < -0.3 is 10.6 Å². The normalized spacial score (nSPS) is 13.2. The molecule has 0 rings (SSSR count). The molecule has 96 valence electrons. The summed E-state index contributed by atoms with van der Waals surface area (Å²) in [5, 5.41) is 0. The van der Waals surface area contributed by atoms with Crippen LogP contribution in [-0.4, -0.2) is 63.1 Å². The maximum Gasteiger partial charge on any atom is 0.215 e. The van der Waals surface area contributed by atoms with E-state index in [1.165, 1.54) is 4.31 Å². The van der Waals surface area contributed by atoms with Gasteiger partial charge in [0.25, 0.3) is 0 Å². The number of nitrogens with two attached hydrogens (primary N) is 1. The highest BCUT2D eigenvalue weighted by atomic mass is 32.2. The lowest BCUT2D eigenvalue weighted by atomic mass is 10.7. The topological polar surface area (TPSA) is 79.0 Å². The molecule has 0 spiro atoms. The van der Waals surface area contributed by atoms with E-state index in [-0.39, 0.29) is 12.3 Å². The second-order valence-electron chi connectivity index (χ2n) is 3.53. The minimum Gasteiger partial charge on any atom is -0.370 e. The van der Waals surface area contributed by atoms with Crippen LogP contribution < -0.4 is 5.73 Å². The highest BCUT2D eigenvalue weighted by molar-refractivity contribution is 7.89. The van der Waals surface area contributed by atoms with Crippen LogP contribution in [0.1, 0.15) is 13.8 Å². The third kappa shape index (κ3) is 4.80. The van der Waals surface area contributed by atoms with Crippen molar-refractivity contribution in [2.75, 3.05) is 39.5 Å². The van der Waals surface area contributed by atoms with E-state index in [1.54, 1.807) is 19.0 Å². The summed E-state index contributed by atoms with van der Waals surface area (Å²) < 4.78 is 24.9. The molecule has 0 fully saturated rings. The lowest BCUT2D eigenvalue weighted by Crippen LogP contribution is -2.35. The molecular formula is C9H22N4O2S. The van der Waals surface area contributed by atoms with Crippen molar-refractivity contribution in [3.8, 4) is 0 Å². The van der Waals surface area contributed by atoms with Gasteiger partial charge in [0.1, 0.15) is 0 Å². The third-order valence-electron chi connectivity index (χ3n) is 2.18. The van der Waals surface area contributed by atoms with Crippen molar-refractivity contribution in [3.63, 3.8) is 0 Å². The van der Waals surface area contributed by atoms with Crippen LogP contribution in [0.25, 0.3) is 0 Å². The molecule has 0 aliphatic rings. The van der Waals surface area contributed by atoms with Gasteiger partial charge in [-0.2, -0.15) is 0 Å². The molecule has 0 aromatic heterocycles. The predicted octanol–water partition coefficient (Wildman–Crippen LogP) is -0.466. The van der Waals surface area contributed by atoms with Crippen LogP contribution in [0, 0.1) is 0 Å². The molecule has 6 nitrogen and oxygen atoms in total. The Labute approximate surface area is 98.2 Å². The Hall–Kier alpha value is -0.820. The SMILES string of the molecule is CCN(CC)S(=O)(=O)CCN=C(N)N(C)C. The van der Waals surface area contributed by atoms with Crippen LogP contribution in [-0.2, 0) is 10.0 Å². The molecule has 0 aliphatic heterocycles. The molecule has 16 heavy (non-hydrogen) atoms. The zero-order chi connectivity index (χ0) is 12.8. The van der Waals surface area contributed by atoms with Gasteiger partial charge in [-0.25, -0.2) is 12.7 Å². The Morgan fingerprint density at radius 3 is 2.12 bits per heavy atom. The van der Waals surface area contributed by atoms with Crippen molar-refractivity contribution >= 4 is 16.0 Å². The fourth-order valence-corrected chi connectivity index (χ4v) is 2.53. The summed E-state index contributed by atoms with van der Waals surface area (Å²) in [6.45, 7) is 4.82. The van der Waals surface area contributed by atoms with Gasteiger partial charge in [-0.1, -0.05) is 13.8 Å². The summed E-state index contributed by atoms with van der Waals surface area (Å²) in [4.78, 5) is 5.62. The summed E-state index contributed by atoms with van der Waals surface area (Å²) in [6.07, 6.45) is 0. The van der Waals surface area contributed by atoms with Gasteiger partial charge in [0.05, 0.1) is 12.3 Å². The highest BCUT2D eigenvalue weighted by Crippen LogP contribution is 2.00.